The summed E-state index contributed by atoms with van der Waals surface area (Å²) in [4.78, 5) is 12.8. The van der Waals surface area contributed by atoms with Crippen LogP contribution in [0.25, 0.3) is 0 Å². The zero-order chi connectivity index (χ0) is 18.6. The summed E-state index contributed by atoms with van der Waals surface area (Å²) >= 11 is 1.64. The van der Waals surface area contributed by atoms with Gasteiger partial charge < -0.3 is 10.6 Å². The Kier molecular flexibility index (Phi) is 6.20. The van der Waals surface area contributed by atoms with Gasteiger partial charge in [-0.25, -0.2) is 9.97 Å². The molecule has 2 N–H and O–H groups in total. The molecule has 0 radical (unpaired) electrons. The van der Waals surface area contributed by atoms with Crippen LogP contribution in [0.1, 0.15) is 46.0 Å². The van der Waals surface area contributed by atoms with Crippen LogP contribution in [0.2, 0.25) is 0 Å². The van der Waals surface area contributed by atoms with Crippen molar-refractivity contribution < 1.29 is 0 Å². The van der Waals surface area contributed by atoms with E-state index in [0.29, 0.717) is 11.5 Å². The smallest absolute Gasteiger partial charge is 0.147 e. The molecular formula is C21H30N4S. The van der Waals surface area contributed by atoms with E-state index >= 15 is 0 Å². The molecule has 140 valence electrons. The maximum atomic E-state index is 6.39. The third-order valence-corrected chi connectivity index (χ3v) is 6.95. The second kappa shape index (κ2) is 8.40. The quantitative estimate of drug-likeness (QED) is 0.601. The number of aromatic nitrogens is 2. The van der Waals surface area contributed by atoms with E-state index in [2.05, 4.69) is 41.4 Å². The molecule has 1 aromatic heterocycles. The summed E-state index contributed by atoms with van der Waals surface area (Å²) in [5.41, 5.74) is 8.03. The minimum absolute atomic E-state index is 0.384. The molecule has 2 aliphatic rings. The third kappa shape index (κ3) is 4.21. The Labute approximate surface area is 161 Å². The van der Waals surface area contributed by atoms with Gasteiger partial charge in [0.1, 0.15) is 10.8 Å². The number of piperidine rings is 1. The van der Waals surface area contributed by atoms with Crippen molar-refractivity contribution in [1.29, 1.82) is 0 Å². The van der Waals surface area contributed by atoms with Gasteiger partial charge in [0.25, 0.3) is 0 Å². The number of nitrogens with two attached hydrogens (primary N) is 1. The van der Waals surface area contributed by atoms with E-state index in [1.165, 1.54) is 42.6 Å². The van der Waals surface area contributed by atoms with Crippen LogP contribution in [0.5, 0.6) is 0 Å². The molecule has 1 aromatic rings. The van der Waals surface area contributed by atoms with E-state index in [0.717, 1.165) is 23.9 Å². The number of anilines is 1. The molecule has 1 aliphatic heterocycles. The van der Waals surface area contributed by atoms with Crippen LogP contribution in [0.4, 0.5) is 5.82 Å². The molecule has 2 heterocycles. The Morgan fingerprint density at radius 1 is 1.27 bits per heavy atom. The fourth-order valence-corrected chi connectivity index (χ4v) is 4.85. The van der Waals surface area contributed by atoms with Crippen molar-refractivity contribution in [1.82, 2.24) is 9.97 Å². The van der Waals surface area contributed by atoms with Crippen molar-refractivity contribution in [2.45, 2.75) is 57.0 Å². The van der Waals surface area contributed by atoms with E-state index in [1.807, 2.05) is 18.5 Å². The van der Waals surface area contributed by atoms with Gasteiger partial charge in [0.15, 0.2) is 0 Å². The molecule has 2 fully saturated rings. The molecule has 3 rings (SSSR count). The van der Waals surface area contributed by atoms with Crippen LogP contribution < -0.4 is 10.6 Å². The highest BCUT2D eigenvalue weighted by Gasteiger charge is 2.42. The lowest BCUT2D eigenvalue weighted by atomic mass is 9.74. The number of rotatable bonds is 5. The van der Waals surface area contributed by atoms with Gasteiger partial charge >= 0.3 is 0 Å². The summed E-state index contributed by atoms with van der Waals surface area (Å²) in [5.74, 6) is 0.983. The summed E-state index contributed by atoms with van der Waals surface area (Å²) in [6, 6.07) is 0.389. The third-order valence-electron chi connectivity index (χ3n) is 5.77. The van der Waals surface area contributed by atoms with Crippen LogP contribution in [0, 0.1) is 5.41 Å². The number of allylic oxidation sites excluding steroid dienone is 4. The van der Waals surface area contributed by atoms with Crippen molar-refractivity contribution in [3.63, 3.8) is 0 Å². The summed E-state index contributed by atoms with van der Waals surface area (Å²) in [5, 5.41) is 0.921. The van der Waals surface area contributed by atoms with Crippen molar-refractivity contribution in [2.75, 3.05) is 18.0 Å². The SMILES string of the molecule is C=C/C=C\C(Sc1cnc(N2CCC3(CCC[C@H]3N)CC2)cn1)=C(C)C. The maximum absolute atomic E-state index is 6.39. The van der Waals surface area contributed by atoms with E-state index in [4.69, 9.17) is 5.73 Å². The van der Waals surface area contributed by atoms with Crippen molar-refractivity contribution in [3.8, 4) is 0 Å². The van der Waals surface area contributed by atoms with Gasteiger partial charge in [-0.2, -0.15) is 0 Å². The maximum Gasteiger partial charge on any atom is 0.147 e. The average Bonchev–Trinajstić information content (AvgIpc) is 3.00. The second-order valence-electron chi connectivity index (χ2n) is 7.62. The molecule has 0 bridgehead atoms. The molecular weight excluding hydrogens is 340 g/mol. The van der Waals surface area contributed by atoms with Gasteiger partial charge in [0.2, 0.25) is 0 Å². The summed E-state index contributed by atoms with van der Waals surface area (Å²) in [7, 11) is 0. The van der Waals surface area contributed by atoms with Gasteiger partial charge in [0.05, 0.1) is 12.4 Å². The van der Waals surface area contributed by atoms with Gasteiger partial charge in [-0.3, -0.25) is 0 Å². The second-order valence-corrected chi connectivity index (χ2v) is 8.68. The van der Waals surface area contributed by atoms with Gasteiger partial charge in [0, 0.05) is 24.0 Å². The summed E-state index contributed by atoms with van der Waals surface area (Å²) in [6.45, 7) is 10.0. The lowest BCUT2D eigenvalue weighted by Gasteiger charge is -2.42. The fourth-order valence-electron chi connectivity index (χ4n) is 4.06. The standard InChI is InChI=1S/C21H30N4S/c1-4-5-7-17(16(2)3)26-20-15-23-19(14-24-20)25-12-10-21(11-13-25)9-6-8-18(21)22/h4-5,7,14-15,18H,1,6,8-13,22H2,2-3H3/b7-5-/t18-/m1/s1. The highest BCUT2D eigenvalue weighted by Crippen LogP contribution is 2.45. The molecule has 0 amide bonds. The van der Waals surface area contributed by atoms with E-state index in [1.54, 1.807) is 17.8 Å². The van der Waals surface area contributed by atoms with Crippen LogP contribution in [-0.4, -0.2) is 29.1 Å². The molecule has 1 atom stereocenters. The number of hydrogen-bond acceptors (Lipinski definition) is 5. The van der Waals surface area contributed by atoms with Crippen LogP contribution in [-0.2, 0) is 0 Å². The Morgan fingerprint density at radius 3 is 2.58 bits per heavy atom. The zero-order valence-electron chi connectivity index (χ0n) is 15.9. The molecule has 1 aliphatic carbocycles. The number of hydrogen-bond donors (Lipinski definition) is 1. The Balaban J connectivity index is 1.62. The topological polar surface area (TPSA) is 55.0 Å². The van der Waals surface area contributed by atoms with Crippen molar-refractivity contribution >= 4 is 17.6 Å². The van der Waals surface area contributed by atoms with E-state index in [9.17, 15) is 0 Å². The van der Waals surface area contributed by atoms with E-state index in [-0.39, 0.29) is 0 Å². The first-order valence-electron chi connectivity index (χ1n) is 9.51. The zero-order valence-corrected chi connectivity index (χ0v) is 16.8. The predicted molar refractivity (Wildman–Crippen MR) is 111 cm³/mol. The monoisotopic (exact) mass is 370 g/mol. The Bertz CT molecular complexity index is 680. The molecule has 1 saturated heterocycles. The molecule has 1 saturated carbocycles. The summed E-state index contributed by atoms with van der Waals surface area (Å²) in [6.07, 6.45) is 15.8. The summed E-state index contributed by atoms with van der Waals surface area (Å²) < 4.78 is 0. The minimum Gasteiger partial charge on any atom is -0.355 e. The normalized spacial score (nSPS) is 22.1. The highest BCUT2D eigenvalue weighted by molar-refractivity contribution is 8.03. The highest BCUT2D eigenvalue weighted by atomic mass is 32.2. The Hall–Kier alpha value is -1.59. The molecule has 4 nitrogen and oxygen atoms in total. The van der Waals surface area contributed by atoms with Crippen LogP contribution in [0.3, 0.4) is 0 Å². The van der Waals surface area contributed by atoms with E-state index < -0.39 is 0 Å². The first-order valence-corrected chi connectivity index (χ1v) is 10.3. The van der Waals surface area contributed by atoms with Gasteiger partial charge in [-0.1, -0.05) is 42.5 Å². The van der Waals surface area contributed by atoms with Gasteiger partial charge in [-0.05, 0) is 51.0 Å². The van der Waals surface area contributed by atoms with Gasteiger partial charge in [-0.15, -0.1) is 0 Å². The van der Waals surface area contributed by atoms with Crippen molar-refractivity contribution in [3.05, 3.63) is 47.7 Å². The first kappa shape index (κ1) is 19.2. The first-order chi connectivity index (χ1) is 12.5. The van der Waals surface area contributed by atoms with Crippen LogP contribution >= 0.6 is 11.8 Å². The fraction of sp³-hybridized carbons (Fsp3) is 0.524. The number of nitrogens with zero attached hydrogens (tertiary/aromatic N) is 3. The molecule has 0 unspecified atom stereocenters. The number of thioether (sulfide) groups is 1. The largest absolute Gasteiger partial charge is 0.355 e. The molecule has 5 heteroatoms. The predicted octanol–water partition coefficient (Wildman–Crippen LogP) is 4.70. The minimum atomic E-state index is 0.384. The Morgan fingerprint density at radius 2 is 2.04 bits per heavy atom. The average molecular weight is 371 g/mol. The van der Waals surface area contributed by atoms with Crippen LogP contribution in [0.15, 0.2) is 52.7 Å². The molecule has 1 spiro atoms. The lowest BCUT2D eigenvalue weighted by molar-refractivity contribution is 0.197. The van der Waals surface area contributed by atoms with Crippen molar-refractivity contribution in [2.24, 2.45) is 11.1 Å². The molecule has 26 heavy (non-hydrogen) atoms. The molecule has 0 aromatic carbocycles. The lowest BCUT2D eigenvalue weighted by Crippen LogP contribution is -2.47.